The average molecular weight is 289 g/mol. The fourth-order valence-corrected chi connectivity index (χ4v) is 2.22. The van der Waals surface area contributed by atoms with Gasteiger partial charge in [0.15, 0.2) is 0 Å². The van der Waals surface area contributed by atoms with Crippen molar-refractivity contribution in [3.8, 4) is 5.75 Å². The van der Waals surface area contributed by atoms with Crippen molar-refractivity contribution in [3.05, 3.63) is 59.9 Å². The van der Waals surface area contributed by atoms with E-state index in [1.165, 1.54) is 12.1 Å². The molecule has 1 atom stereocenters. The van der Waals surface area contributed by atoms with Crippen LogP contribution in [-0.4, -0.2) is 24.4 Å². The summed E-state index contributed by atoms with van der Waals surface area (Å²) in [5, 5.41) is 13.0. The summed E-state index contributed by atoms with van der Waals surface area (Å²) in [6.07, 6.45) is 0.644. The Morgan fingerprint density at radius 3 is 2.24 bits per heavy atom. The predicted octanol–water partition coefficient (Wildman–Crippen LogP) is 3.24. The third-order valence-electron chi connectivity index (χ3n) is 3.39. The minimum atomic E-state index is -0.521. The lowest BCUT2D eigenvalue weighted by Crippen LogP contribution is -2.41. The molecule has 0 fully saturated rings. The van der Waals surface area contributed by atoms with Gasteiger partial charge in [-0.15, -0.1) is 0 Å². The molecule has 0 spiro atoms. The maximum Gasteiger partial charge on any atom is 0.123 e. The van der Waals surface area contributed by atoms with Crippen LogP contribution in [0.5, 0.6) is 5.75 Å². The second kappa shape index (κ2) is 6.59. The van der Waals surface area contributed by atoms with Gasteiger partial charge in [0.25, 0.3) is 0 Å². The number of rotatable bonds is 6. The molecule has 2 aromatic carbocycles. The largest absolute Gasteiger partial charge is 0.497 e. The molecule has 2 aromatic rings. The van der Waals surface area contributed by atoms with Crippen molar-refractivity contribution in [1.82, 2.24) is 0 Å². The first kappa shape index (κ1) is 15.3. The van der Waals surface area contributed by atoms with E-state index in [2.05, 4.69) is 5.32 Å². The summed E-state index contributed by atoms with van der Waals surface area (Å²) in [5.41, 5.74) is 1.34. The Morgan fingerprint density at radius 1 is 1.10 bits per heavy atom. The highest BCUT2D eigenvalue weighted by molar-refractivity contribution is 5.46. The topological polar surface area (TPSA) is 41.5 Å². The molecule has 0 bridgehead atoms. The summed E-state index contributed by atoms with van der Waals surface area (Å²) in [4.78, 5) is 0. The number of ether oxygens (including phenoxy) is 1. The number of halogens is 1. The van der Waals surface area contributed by atoms with Gasteiger partial charge in [-0.05, 0) is 55.3 Å². The summed E-state index contributed by atoms with van der Waals surface area (Å²) in [6, 6.07) is 13.9. The van der Waals surface area contributed by atoms with E-state index in [0.29, 0.717) is 6.42 Å². The van der Waals surface area contributed by atoms with Gasteiger partial charge in [-0.1, -0.05) is 12.1 Å². The fraction of sp³-hybridized carbons (Fsp3) is 0.294. The Hall–Kier alpha value is -2.07. The maximum atomic E-state index is 12.9. The lowest BCUT2D eigenvalue weighted by molar-refractivity contribution is 0.222. The first-order valence-corrected chi connectivity index (χ1v) is 6.82. The highest BCUT2D eigenvalue weighted by Crippen LogP contribution is 2.21. The van der Waals surface area contributed by atoms with Crippen LogP contribution in [0.4, 0.5) is 10.1 Å². The molecule has 21 heavy (non-hydrogen) atoms. The first-order chi connectivity index (χ1) is 10.0. The molecule has 3 nitrogen and oxygen atoms in total. The van der Waals surface area contributed by atoms with Crippen molar-refractivity contribution in [2.24, 2.45) is 0 Å². The summed E-state index contributed by atoms with van der Waals surface area (Å²) in [7, 11) is 1.63. The average Bonchev–Trinajstić information content (AvgIpc) is 2.50. The molecule has 0 aliphatic carbocycles. The van der Waals surface area contributed by atoms with Gasteiger partial charge in [0, 0.05) is 5.69 Å². The molecule has 0 radical (unpaired) electrons. The molecule has 112 valence electrons. The fourth-order valence-electron chi connectivity index (χ4n) is 2.22. The van der Waals surface area contributed by atoms with Crippen LogP contribution < -0.4 is 10.1 Å². The molecular formula is C17H20FNO2. The highest BCUT2D eigenvalue weighted by Gasteiger charge is 2.23. The van der Waals surface area contributed by atoms with Gasteiger partial charge in [-0.25, -0.2) is 4.39 Å². The minimum Gasteiger partial charge on any atom is -0.497 e. The minimum absolute atomic E-state index is 0.0313. The molecule has 1 unspecified atom stereocenters. The van der Waals surface area contributed by atoms with E-state index in [9.17, 15) is 9.50 Å². The van der Waals surface area contributed by atoms with Crippen LogP contribution >= 0.6 is 0 Å². The molecule has 0 aromatic heterocycles. The monoisotopic (exact) mass is 289 g/mol. The van der Waals surface area contributed by atoms with Gasteiger partial charge in [-0.2, -0.15) is 0 Å². The Morgan fingerprint density at radius 2 is 1.71 bits per heavy atom. The quantitative estimate of drug-likeness (QED) is 0.858. The normalized spacial score (nSPS) is 13.5. The molecule has 2 rings (SSSR count). The molecule has 2 N–H and O–H groups in total. The van der Waals surface area contributed by atoms with Crippen LogP contribution in [0.1, 0.15) is 12.5 Å². The lowest BCUT2D eigenvalue weighted by Gasteiger charge is -2.30. The third kappa shape index (κ3) is 4.20. The summed E-state index contributed by atoms with van der Waals surface area (Å²) >= 11 is 0. The van der Waals surface area contributed by atoms with Crippen molar-refractivity contribution >= 4 is 5.69 Å². The first-order valence-electron chi connectivity index (χ1n) is 6.82. The molecule has 0 heterocycles. The third-order valence-corrected chi connectivity index (χ3v) is 3.39. The van der Waals surface area contributed by atoms with E-state index in [-0.39, 0.29) is 12.4 Å². The Bertz CT molecular complexity index is 568. The number of benzene rings is 2. The molecular weight excluding hydrogens is 269 g/mol. The smallest absolute Gasteiger partial charge is 0.123 e. The number of hydrogen-bond acceptors (Lipinski definition) is 3. The molecule has 4 heteroatoms. The highest BCUT2D eigenvalue weighted by atomic mass is 19.1. The van der Waals surface area contributed by atoms with Crippen molar-refractivity contribution in [1.29, 1.82) is 0 Å². The van der Waals surface area contributed by atoms with Crippen LogP contribution in [0.3, 0.4) is 0 Å². The van der Waals surface area contributed by atoms with Crippen LogP contribution in [0.2, 0.25) is 0 Å². The van der Waals surface area contributed by atoms with Gasteiger partial charge < -0.3 is 15.2 Å². The summed E-state index contributed by atoms with van der Waals surface area (Å²) < 4.78 is 18.1. The van der Waals surface area contributed by atoms with E-state index < -0.39 is 5.54 Å². The molecule has 0 aliphatic heterocycles. The van der Waals surface area contributed by atoms with Gasteiger partial charge >= 0.3 is 0 Å². The van der Waals surface area contributed by atoms with Gasteiger partial charge in [0.2, 0.25) is 0 Å². The van der Waals surface area contributed by atoms with Crippen molar-refractivity contribution in [3.63, 3.8) is 0 Å². The number of methoxy groups -OCH3 is 1. The molecule has 0 saturated carbocycles. The van der Waals surface area contributed by atoms with E-state index in [1.807, 2.05) is 31.2 Å². The predicted molar refractivity (Wildman–Crippen MR) is 82.2 cm³/mol. The molecule has 0 aliphatic rings. The van der Waals surface area contributed by atoms with Crippen LogP contribution in [0.15, 0.2) is 48.5 Å². The van der Waals surface area contributed by atoms with Crippen molar-refractivity contribution in [2.75, 3.05) is 19.0 Å². The second-order valence-corrected chi connectivity index (χ2v) is 5.38. The number of nitrogens with one attached hydrogen (secondary N) is 1. The van der Waals surface area contributed by atoms with E-state index in [0.717, 1.165) is 17.0 Å². The number of anilines is 1. The summed E-state index contributed by atoms with van der Waals surface area (Å²) in [6.45, 7) is 1.90. The van der Waals surface area contributed by atoms with Gasteiger partial charge in [0.1, 0.15) is 11.6 Å². The second-order valence-electron chi connectivity index (χ2n) is 5.38. The lowest BCUT2D eigenvalue weighted by atomic mass is 9.93. The van der Waals surface area contributed by atoms with Crippen LogP contribution in [0.25, 0.3) is 0 Å². The number of aliphatic hydroxyl groups excluding tert-OH is 1. The number of hydrogen-bond donors (Lipinski definition) is 2. The van der Waals surface area contributed by atoms with E-state index >= 15 is 0 Å². The Kier molecular flexibility index (Phi) is 4.81. The maximum absolute atomic E-state index is 12.9. The zero-order valence-corrected chi connectivity index (χ0v) is 12.3. The zero-order chi connectivity index (χ0) is 15.3. The number of aliphatic hydroxyl groups is 1. The van der Waals surface area contributed by atoms with Gasteiger partial charge in [0.05, 0.1) is 19.3 Å². The SMILES string of the molecule is COc1ccc(CC(C)(CO)Nc2ccc(F)cc2)cc1. The standard InChI is InChI=1S/C17H20FNO2/c1-17(12-20,19-15-7-5-14(18)6-8-15)11-13-3-9-16(21-2)10-4-13/h3-10,19-20H,11-12H2,1-2H3. The molecule has 0 amide bonds. The van der Waals surface area contributed by atoms with Crippen molar-refractivity contribution < 1.29 is 14.2 Å². The Labute approximate surface area is 124 Å². The van der Waals surface area contributed by atoms with E-state index in [4.69, 9.17) is 4.74 Å². The zero-order valence-electron chi connectivity index (χ0n) is 12.3. The van der Waals surface area contributed by atoms with Crippen LogP contribution in [-0.2, 0) is 6.42 Å². The molecule has 0 saturated heterocycles. The summed E-state index contributed by atoms with van der Waals surface area (Å²) in [5.74, 6) is 0.525. The van der Waals surface area contributed by atoms with E-state index in [1.54, 1.807) is 19.2 Å². The van der Waals surface area contributed by atoms with Crippen LogP contribution in [0, 0.1) is 5.82 Å². The Balaban J connectivity index is 2.10. The van der Waals surface area contributed by atoms with Gasteiger partial charge in [-0.3, -0.25) is 0 Å². The van der Waals surface area contributed by atoms with Crippen molar-refractivity contribution in [2.45, 2.75) is 18.9 Å².